The normalized spacial score (nSPS) is 10.0. The Labute approximate surface area is 70.8 Å². The third-order valence-corrected chi connectivity index (χ3v) is 2.10. The van der Waals surface area contributed by atoms with E-state index in [1.165, 1.54) is 11.9 Å². The van der Waals surface area contributed by atoms with Gasteiger partial charge in [-0.25, -0.2) is 0 Å². The van der Waals surface area contributed by atoms with Crippen LogP contribution < -0.4 is 4.72 Å². The smallest absolute Gasteiger partial charge is 0.130 e. The fourth-order valence-electron chi connectivity index (χ4n) is 0.824. The van der Waals surface area contributed by atoms with Crippen molar-refractivity contribution < 1.29 is 5.11 Å². The summed E-state index contributed by atoms with van der Waals surface area (Å²) in [5.74, 6) is 0.337. The Morgan fingerprint density at radius 1 is 1.45 bits per heavy atom. The molecule has 0 atom stereocenters. The van der Waals surface area contributed by atoms with Gasteiger partial charge < -0.3 is 5.11 Å². The van der Waals surface area contributed by atoms with Gasteiger partial charge in [-0.15, -0.1) is 0 Å². The molecule has 0 bridgehead atoms. The first kappa shape index (κ1) is 8.43. The van der Waals surface area contributed by atoms with Crippen LogP contribution in [-0.4, -0.2) is 12.2 Å². The molecule has 0 amide bonds. The van der Waals surface area contributed by atoms with Crippen molar-refractivity contribution in [2.45, 2.75) is 11.8 Å². The quantitative estimate of drug-likeness (QED) is 0.663. The molecule has 1 aromatic rings. The molecule has 1 rings (SSSR count). The molecule has 0 aliphatic heterocycles. The Kier molecular flexibility index (Phi) is 2.79. The van der Waals surface area contributed by atoms with E-state index in [1.807, 2.05) is 26.1 Å². The maximum absolute atomic E-state index is 9.36. The van der Waals surface area contributed by atoms with E-state index in [-0.39, 0.29) is 0 Å². The molecule has 3 heteroatoms. The van der Waals surface area contributed by atoms with Gasteiger partial charge in [0.1, 0.15) is 5.75 Å². The highest BCUT2D eigenvalue weighted by Crippen LogP contribution is 2.26. The number of benzene rings is 1. The third kappa shape index (κ3) is 2.13. The van der Waals surface area contributed by atoms with Gasteiger partial charge in [0.15, 0.2) is 0 Å². The van der Waals surface area contributed by atoms with Gasteiger partial charge in [-0.2, -0.15) is 0 Å². The van der Waals surface area contributed by atoms with Crippen LogP contribution in [-0.2, 0) is 0 Å². The van der Waals surface area contributed by atoms with Crippen LogP contribution in [0.25, 0.3) is 0 Å². The summed E-state index contributed by atoms with van der Waals surface area (Å²) in [6.45, 7) is 1.95. The first-order valence-electron chi connectivity index (χ1n) is 3.37. The lowest BCUT2D eigenvalue weighted by atomic mass is 10.2. The van der Waals surface area contributed by atoms with Crippen LogP contribution >= 0.6 is 11.9 Å². The van der Waals surface area contributed by atoms with Gasteiger partial charge in [-0.1, -0.05) is 6.07 Å². The Hall–Kier alpha value is -0.670. The van der Waals surface area contributed by atoms with Crippen molar-refractivity contribution >= 4 is 11.9 Å². The standard InChI is InChI=1S/C8H11NOS/c1-6-3-4-8(11-9-2)7(10)5-6/h3-5,9-10H,1-2H3. The van der Waals surface area contributed by atoms with Gasteiger partial charge >= 0.3 is 0 Å². The highest BCUT2D eigenvalue weighted by Gasteiger charge is 1.99. The largest absolute Gasteiger partial charge is 0.507 e. The number of nitrogens with one attached hydrogen (secondary N) is 1. The Balaban J connectivity index is 2.90. The molecule has 0 aliphatic rings. The van der Waals surface area contributed by atoms with Crippen molar-refractivity contribution in [3.05, 3.63) is 23.8 Å². The van der Waals surface area contributed by atoms with Gasteiger partial charge in [0.2, 0.25) is 0 Å². The Morgan fingerprint density at radius 2 is 2.18 bits per heavy atom. The second-order valence-electron chi connectivity index (χ2n) is 2.28. The van der Waals surface area contributed by atoms with E-state index in [0.29, 0.717) is 5.75 Å². The molecule has 0 saturated carbocycles. The zero-order valence-electron chi connectivity index (χ0n) is 6.59. The molecule has 1 aromatic carbocycles. The van der Waals surface area contributed by atoms with Gasteiger partial charge in [0.25, 0.3) is 0 Å². The summed E-state index contributed by atoms with van der Waals surface area (Å²) < 4.78 is 2.90. The van der Waals surface area contributed by atoms with Gasteiger partial charge in [-0.05, 0) is 43.6 Å². The number of hydrogen-bond acceptors (Lipinski definition) is 3. The zero-order chi connectivity index (χ0) is 8.27. The van der Waals surface area contributed by atoms with Crippen molar-refractivity contribution in [1.82, 2.24) is 4.72 Å². The molecular weight excluding hydrogens is 158 g/mol. The summed E-state index contributed by atoms with van der Waals surface area (Å²) >= 11 is 1.41. The topological polar surface area (TPSA) is 32.3 Å². The van der Waals surface area contributed by atoms with E-state index >= 15 is 0 Å². The van der Waals surface area contributed by atoms with E-state index in [2.05, 4.69) is 4.72 Å². The summed E-state index contributed by atoms with van der Waals surface area (Å²) in [5, 5.41) is 9.36. The maximum atomic E-state index is 9.36. The second-order valence-corrected chi connectivity index (χ2v) is 3.33. The molecule has 0 aromatic heterocycles. The number of phenols is 1. The van der Waals surface area contributed by atoms with Crippen LogP contribution in [0, 0.1) is 6.92 Å². The maximum Gasteiger partial charge on any atom is 0.130 e. The first-order valence-corrected chi connectivity index (χ1v) is 4.19. The minimum atomic E-state index is 0.337. The average molecular weight is 169 g/mol. The molecule has 2 N–H and O–H groups in total. The molecule has 0 aliphatic carbocycles. The van der Waals surface area contributed by atoms with Crippen molar-refractivity contribution in [2.24, 2.45) is 0 Å². The van der Waals surface area contributed by atoms with Crippen LogP contribution in [0.3, 0.4) is 0 Å². The molecule has 0 saturated heterocycles. The lowest BCUT2D eigenvalue weighted by Crippen LogP contribution is -1.90. The van der Waals surface area contributed by atoms with Crippen LogP contribution in [0.5, 0.6) is 5.75 Å². The molecule has 0 heterocycles. The SMILES string of the molecule is CNSc1ccc(C)cc1O. The molecule has 11 heavy (non-hydrogen) atoms. The van der Waals surface area contributed by atoms with Crippen molar-refractivity contribution in [3.8, 4) is 5.75 Å². The molecule has 60 valence electrons. The van der Waals surface area contributed by atoms with E-state index < -0.39 is 0 Å². The van der Waals surface area contributed by atoms with Crippen LogP contribution in [0.15, 0.2) is 23.1 Å². The predicted octanol–water partition coefficient (Wildman–Crippen LogP) is 1.93. The molecule has 0 unspecified atom stereocenters. The number of aromatic hydroxyl groups is 1. The molecule has 0 radical (unpaired) electrons. The number of aryl methyl sites for hydroxylation is 1. The summed E-state index contributed by atoms with van der Waals surface area (Å²) in [5.41, 5.74) is 1.07. The Bertz CT molecular complexity index is 250. The lowest BCUT2D eigenvalue weighted by molar-refractivity contribution is 0.462. The lowest BCUT2D eigenvalue weighted by Gasteiger charge is -2.02. The van der Waals surface area contributed by atoms with E-state index in [4.69, 9.17) is 0 Å². The van der Waals surface area contributed by atoms with Crippen molar-refractivity contribution in [3.63, 3.8) is 0 Å². The van der Waals surface area contributed by atoms with E-state index in [0.717, 1.165) is 10.5 Å². The summed E-state index contributed by atoms with van der Waals surface area (Å²) in [7, 11) is 1.82. The minimum absolute atomic E-state index is 0.337. The van der Waals surface area contributed by atoms with Crippen molar-refractivity contribution in [1.29, 1.82) is 0 Å². The molecular formula is C8H11NOS. The molecule has 0 fully saturated rings. The zero-order valence-corrected chi connectivity index (χ0v) is 7.40. The second kappa shape index (κ2) is 3.64. The summed E-state index contributed by atoms with van der Waals surface area (Å²) in [4.78, 5) is 0.859. The third-order valence-electron chi connectivity index (χ3n) is 1.33. The number of rotatable bonds is 2. The first-order chi connectivity index (χ1) is 5.24. The fraction of sp³-hybridized carbons (Fsp3) is 0.250. The average Bonchev–Trinajstić information content (AvgIpc) is 1.95. The number of hydrogen-bond donors (Lipinski definition) is 2. The highest BCUT2D eigenvalue weighted by atomic mass is 32.2. The minimum Gasteiger partial charge on any atom is -0.507 e. The highest BCUT2D eigenvalue weighted by molar-refractivity contribution is 7.97. The van der Waals surface area contributed by atoms with E-state index in [1.54, 1.807) is 6.07 Å². The fourth-order valence-corrected chi connectivity index (χ4v) is 1.34. The van der Waals surface area contributed by atoms with E-state index in [9.17, 15) is 5.11 Å². The summed E-state index contributed by atoms with van der Waals surface area (Å²) in [6, 6.07) is 5.62. The monoisotopic (exact) mass is 169 g/mol. The van der Waals surface area contributed by atoms with Crippen LogP contribution in [0.4, 0.5) is 0 Å². The summed E-state index contributed by atoms with van der Waals surface area (Å²) in [6.07, 6.45) is 0. The van der Waals surface area contributed by atoms with Crippen LogP contribution in [0.1, 0.15) is 5.56 Å². The Morgan fingerprint density at radius 3 is 2.73 bits per heavy atom. The van der Waals surface area contributed by atoms with Crippen molar-refractivity contribution in [2.75, 3.05) is 7.05 Å². The van der Waals surface area contributed by atoms with Gasteiger partial charge in [0.05, 0.1) is 4.90 Å². The predicted molar refractivity (Wildman–Crippen MR) is 47.8 cm³/mol. The van der Waals surface area contributed by atoms with Gasteiger partial charge in [0, 0.05) is 0 Å². The number of phenolic OH excluding ortho intramolecular Hbond substituents is 1. The molecule has 2 nitrogen and oxygen atoms in total. The molecule has 0 spiro atoms. The van der Waals surface area contributed by atoms with Crippen LogP contribution in [0.2, 0.25) is 0 Å². The van der Waals surface area contributed by atoms with Gasteiger partial charge in [-0.3, -0.25) is 4.72 Å².